The van der Waals surface area contributed by atoms with Crippen LogP contribution in [-0.4, -0.2) is 60.4 Å². The second-order valence-corrected chi connectivity index (χ2v) is 8.70. The van der Waals surface area contributed by atoms with E-state index in [4.69, 9.17) is 14.8 Å². The standard InChI is InChI=1S/C13H20N5O5PS2/c1-2-3-26-13-15-8-10(16-12(14)17-11(8)21)18(13)4-6(19)9-7(20)5-22-24(25)23-9/h6-7,9,19-20,25H,2-5H2,1H3,(H3,14,16,17,21). The zero-order valence-electron chi connectivity index (χ0n) is 13.9. The van der Waals surface area contributed by atoms with Crippen molar-refractivity contribution in [3.63, 3.8) is 0 Å². The number of nitrogens with zero attached hydrogens (tertiary/aromatic N) is 3. The second kappa shape index (κ2) is 8.42. The maximum Gasteiger partial charge on any atom is 0.280 e. The SMILES string of the molecule is CCCSc1nc2c(=O)[nH]c(N)nc2n1CC(O)C1OP(S)OCC1O. The van der Waals surface area contributed by atoms with Crippen LogP contribution in [0.1, 0.15) is 13.3 Å². The number of imidazole rings is 1. The molecule has 0 saturated carbocycles. The van der Waals surface area contributed by atoms with Gasteiger partial charge in [-0.05, 0) is 6.42 Å². The lowest BCUT2D eigenvalue weighted by Crippen LogP contribution is -2.45. The molecule has 1 aliphatic rings. The third-order valence-electron chi connectivity index (χ3n) is 3.72. The predicted octanol–water partition coefficient (Wildman–Crippen LogP) is 0.498. The number of nitrogen functional groups attached to an aromatic ring is 1. The monoisotopic (exact) mass is 421 g/mol. The van der Waals surface area contributed by atoms with E-state index in [-0.39, 0.29) is 30.3 Å². The number of fused-ring (bicyclic) bond motifs is 1. The number of nitrogens with two attached hydrogens (primary N) is 1. The predicted molar refractivity (Wildman–Crippen MR) is 102 cm³/mol. The molecule has 2 aromatic rings. The maximum atomic E-state index is 12.1. The van der Waals surface area contributed by atoms with Crippen LogP contribution in [0.15, 0.2) is 9.95 Å². The molecule has 2 aromatic heterocycles. The molecule has 4 unspecified atom stereocenters. The van der Waals surface area contributed by atoms with Crippen LogP contribution in [0.4, 0.5) is 5.95 Å². The summed E-state index contributed by atoms with van der Waals surface area (Å²) in [6, 6.07) is 0. The first-order valence-electron chi connectivity index (χ1n) is 7.94. The molecule has 0 radical (unpaired) electrons. The Morgan fingerprint density at radius 3 is 3.08 bits per heavy atom. The van der Waals surface area contributed by atoms with Crippen LogP contribution in [0.25, 0.3) is 11.2 Å². The fourth-order valence-electron chi connectivity index (χ4n) is 2.53. The summed E-state index contributed by atoms with van der Waals surface area (Å²) >= 11 is 5.57. The Kier molecular flexibility index (Phi) is 6.44. The van der Waals surface area contributed by atoms with Gasteiger partial charge in [0.15, 0.2) is 16.3 Å². The molecule has 26 heavy (non-hydrogen) atoms. The normalized spacial score (nSPS) is 24.8. The van der Waals surface area contributed by atoms with Gasteiger partial charge in [-0.2, -0.15) is 4.98 Å². The van der Waals surface area contributed by atoms with Crippen molar-refractivity contribution in [2.75, 3.05) is 18.1 Å². The first kappa shape index (κ1) is 19.9. The van der Waals surface area contributed by atoms with Gasteiger partial charge in [-0.25, -0.2) is 4.98 Å². The first-order valence-corrected chi connectivity index (χ1v) is 11.3. The lowest BCUT2D eigenvalue weighted by molar-refractivity contribution is -0.0837. The molecule has 1 saturated heterocycles. The van der Waals surface area contributed by atoms with E-state index in [9.17, 15) is 15.0 Å². The van der Waals surface area contributed by atoms with E-state index in [2.05, 4.69) is 27.2 Å². The van der Waals surface area contributed by atoms with Crippen LogP contribution < -0.4 is 11.3 Å². The molecule has 3 rings (SSSR count). The smallest absolute Gasteiger partial charge is 0.280 e. The second-order valence-electron chi connectivity index (χ2n) is 5.72. The third-order valence-corrected chi connectivity index (χ3v) is 6.33. The van der Waals surface area contributed by atoms with Gasteiger partial charge in [0.2, 0.25) is 13.5 Å². The molecule has 10 nitrogen and oxygen atoms in total. The van der Waals surface area contributed by atoms with Crippen LogP contribution in [0, 0.1) is 0 Å². The Labute approximate surface area is 159 Å². The third kappa shape index (κ3) is 4.16. The van der Waals surface area contributed by atoms with Gasteiger partial charge in [-0.3, -0.25) is 9.78 Å². The lowest BCUT2D eigenvalue weighted by atomic mass is 10.1. The number of thioether (sulfide) groups is 1. The minimum atomic E-state index is -1.46. The molecular formula is C13H20N5O5PS2. The Balaban J connectivity index is 1.95. The highest BCUT2D eigenvalue weighted by molar-refractivity contribution is 8.41. The van der Waals surface area contributed by atoms with Crippen molar-refractivity contribution in [2.24, 2.45) is 0 Å². The van der Waals surface area contributed by atoms with Crippen molar-refractivity contribution in [1.29, 1.82) is 0 Å². The van der Waals surface area contributed by atoms with Crippen molar-refractivity contribution < 1.29 is 19.3 Å². The number of aliphatic hydroxyl groups excluding tert-OH is 2. The molecular weight excluding hydrogens is 401 g/mol. The molecule has 144 valence electrons. The highest BCUT2D eigenvalue weighted by Gasteiger charge is 2.36. The summed E-state index contributed by atoms with van der Waals surface area (Å²) in [5.41, 5.74) is 5.63. The molecule has 1 fully saturated rings. The molecule has 0 bridgehead atoms. The average molecular weight is 421 g/mol. The number of aromatic nitrogens is 4. The van der Waals surface area contributed by atoms with Gasteiger partial charge in [-0.1, -0.05) is 30.9 Å². The first-order chi connectivity index (χ1) is 12.4. The minimum absolute atomic E-state index is 0.0249. The molecule has 4 atom stereocenters. The van der Waals surface area contributed by atoms with E-state index in [0.717, 1.165) is 12.2 Å². The van der Waals surface area contributed by atoms with Crippen LogP contribution in [-0.2, 0) is 15.6 Å². The van der Waals surface area contributed by atoms with E-state index in [1.807, 2.05) is 6.92 Å². The van der Waals surface area contributed by atoms with Crippen LogP contribution in [0.3, 0.4) is 0 Å². The summed E-state index contributed by atoms with van der Waals surface area (Å²) in [6.45, 7) is 2.08. The van der Waals surface area contributed by atoms with E-state index in [0.29, 0.717) is 5.16 Å². The van der Waals surface area contributed by atoms with Gasteiger partial charge in [-0.15, -0.1) is 0 Å². The number of hydrogen-bond donors (Lipinski definition) is 5. The van der Waals surface area contributed by atoms with E-state index in [1.54, 1.807) is 4.57 Å². The number of rotatable bonds is 6. The summed E-state index contributed by atoms with van der Waals surface area (Å²) < 4.78 is 12.2. The van der Waals surface area contributed by atoms with Gasteiger partial charge in [0, 0.05) is 5.75 Å². The summed E-state index contributed by atoms with van der Waals surface area (Å²) in [5.74, 6) is 0.747. The number of aliphatic hydroxyl groups is 2. The van der Waals surface area contributed by atoms with Gasteiger partial charge in [0.05, 0.1) is 13.2 Å². The topological polar surface area (TPSA) is 149 Å². The zero-order chi connectivity index (χ0) is 18.8. The molecule has 0 aromatic carbocycles. The van der Waals surface area contributed by atoms with Gasteiger partial charge in [0.25, 0.3) is 5.56 Å². The zero-order valence-corrected chi connectivity index (χ0v) is 16.5. The van der Waals surface area contributed by atoms with Crippen molar-refractivity contribution in [2.45, 2.75) is 43.4 Å². The minimum Gasteiger partial charge on any atom is -0.388 e. The molecule has 0 spiro atoms. The summed E-state index contributed by atoms with van der Waals surface area (Å²) in [7, 11) is -1.46. The molecule has 5 N–H and O–H groups in total. The lowest BCUT2D eigenvalue weighted by Gasteiger charge is -2.33. The number of thiol groups is 1. The van der Waals surface area contributed by atoms with E-state index in [1.165, 1.54) is 11.8 Å². The maximum absolute atomic E-state index is 12.1. The van der Waals surface area contributed by atoms with Crippen LogP contribution in [0.5, 0.6) is 0 Å². The quantitative estimate of drug-likeness (QED) is 0.255. The number of hydrogen-bond acceptors (Lipinski definition) is 10. The Bertz CT molecular complexity index is 833. The van der Waals surface area contributed by atoms with Gasteiger partial charge >= 0.3 is 0 Å². The highest BCUT2D eigenvalue weighted by atomic mass is 32.7. The van der Waals surface area contributed by atoms with Crippen molar-refractivity contribution >= 4 is 48.7 Å². The fourth-order valence-corrected chi connectivity index (χ4v) is 4.75. The number of anilines is 1. The Hall–Kier alpha value is -0.880. The Morgan fingerprint density at radius 1 is 1.58 bits per heavy atom. The van der Waals surface area contributed by atoms with Gasteiger partial charge < -0.3 is 29.6 Å². The molecule has 13 heteroatoms. The van der Waals surface area contributed by atoms with Crippen molar-refractivity contribution in [3.8, 4) is 0 Å². The summed E-state index contributed by atoms with van der Waals surface area (Å²) in [4.78, 5) is 23.0. The number of nitrogens with one attached hydrogen (secondary N) is 1. The van der Waals surface area contributed by atoms with Crippen molar-refractivity contribution in [1.82, 2.24) is 19.5 Å². The van der Waals surface area contributed by atoms with Crippen LogP contribution in [0.2, 0.25) is 0 Å². The average Bonchev–Trinajstić information content (AvgIpc) is 2.93. The highest BCUT2D eigenvalue weighted by Crippen LogP contribution is 2.48. The summed E-state index contributed by atoms with van der Waals surface area (Å²) in [5, 5.41) is 21.2. The van der Waals surface area contributed by atoms with Gasteiger partial charge in [0.1, 0.15) is 18.3 Å². The largest absolute Gasteiger partial charge is 0.388 e. The van der Waals surface area contributed by atoms with Crippen molar-refractivity contribution in [3.05, 3.63) is 10.4 Å². The molecule has 1 aliphatic heterocycles. The van der Waals surface area contributed by atoms with E-state index < -0.39 is 31.4 Å². The number of aromatic amines is 1. The molecule has 0 aliphatic carbocycles. The van der Waals surface area contributed by atoms with Crippen LogP contribution >= 0.6 is 31.6 Å². The molecule has 3 heterocycles. The number of H-pyrrole nitrogens is 1. The summed E-state index contributed by atoms with van der Waals surface area (Å²) in [6.07, 6.45) is -2.02. The Morgan fingerprint density at radius 2 is 2.35 bits per heavy atom. The van der Waals surface area contributed by atoms with E-state index >= 15 is 0 Å². The molecule has 0 amide bonds. The fraction of sp³-hybridized carbons (Fsp3) is 0.615.